The maximum absolute atomic E-state index is 13.8. The highest BCUT2D eigenvalue weighted by molar-refractivity contribution is 6.30. The Bertz CT molecular complexity index is 1310. The minimum Gasteiger partial charge on any atom is -0.497 e. The lowest BCUT2D eigenvalue weighted by atomic mass is 9.93. The average molecular weight is 510 g/mol. The van der Waals surface area contributed by atoms with Gasteiger partial charge in [-0.15, -0.1) is 0 Å². The molecule has 1 aliphatic heterocycles. The summed E-state index contributed by atoms with van der Waals surface area (Å²) in [6, 6.07) is 16.5. The van der Waals surface area contributed by atoms with Gasteiger partial charge in [-0.1, -0.05) is 29.8 Å². The molecule has 0 saturated carbocycles. The molecule has 0 fully saturated rings. The van der Waals surface area contributed by atoms with Gasteiger partial charge in [-0.25, -0.2) is 0 Å². The van der Waals surface area contributed by atoms with E-state index >= 15 is 0 Å². The number of aryl methyl sites for hydroxylation is 1. The zero-order valence-electron chi connectivity index (χ0n) is 20.6. The first-order valence-corrected chi connectivity index (χ1v) is 11.9. The summed E-state index contributed by atoms with van der Waals surface area (Å²) in [6.07, 6.45) is -2.37. The van der Waals surface area contributed by atoms with Gasteiger partial charge in [0, 0.05) is 22.2 Å². The lowest BCUT2D eigenvalue weighted by Gasteiger charge is -2.26. The lowest BCUT2D eigenvalue weighted by molar-refractivity contribution is -0.147. The van der Waals surface area contributed by atoms with Crippen LogP contribution in [0.2, 0.25) is 5.02 Å². The number of rotatable bonds is 7. The number of nitrogens with zero attached hydrogens (tertiary/aromatic N) is 1. The quantitative estimate of drug-likeness (QED) is 0.454. The molecule has 2 unspecified atom stereocenters. The number of methoxy groups -OCH3 is 2. The van der Waals surface area contributed by atoms with E-state index in [9.17, 15) is 14.7 Å². The molecule has 0 aromatic heterocycles. The van der Waals surface area contributed by atoms with Gasteiger partial charge < -0.3 is 24.2 Å². The van der Waals surface area contributed by atoms with Gasteiger partial charge >= 0.3 is 5.97 Å². The van der Waals surface area contributed by atoms with Crippen molar-refractivity contribution >= 4 is 29.2 Å². The fourth-order valence-electron chi connectivity index (χ4n) is 4.48. The summed E-state index contributed by atoms with van der Waals surface area (Å²) in [4.78, 5) is 27.1. The van der Waals surface area contributed by atoms with Gasteiger partial charge in [-0.05, 0) is 60.9 Å². The normalized spacial score (nSPS) is 17.4. The van der Waals surface area contributed by atoms with Crippen LogP contribution in [-0.4, -0.2) is 37.3 Å². The number of hydrogen-bond acceptors (Lipinski definition) is 5. The highest BCUT2D eigenvalue weighted by Crippen LogP contribution is 2.42. The Morgan fingerprint density at radius 2 is 1.83 bits per heavy atom. The number of carbonyl (C=O) groups is 2. The number of carboxylic acid groups (broad SMARTS) is 1. The summed E-state index contributed by atoms with van der Waals surface area (Å²) >= 11 is 6.41. The summed E-state index contributed by atoms with van der Waals surface area (Å²) in [5, 5.41) is 10.1. The average Bonchev–Trinajstić information content (AvgIpc) is 2.96. The summed E-state index contributed by atoms with van der Waals surface area (Å²) in [7, 11) is 3.11. The number of ether oxygens (including phenoxy) is 3. The molecule has 0 aliphatic carbocycles. The smallest absolute Gasteiger partial charge is 0.306 e. The Morgan fingerprint density at radius 1 is 1.06 bits per heavy atom. The third-order valence-corrected chi connectivity index (χ3v) is 6.75. The van der Waals surface area contributed by atoms with Crippen LogP contribution >= 0.6 is 11.6 Å². The molecule has 3 aromatic rings. The summed E-state index contributed by atoms with van der Waals surface area (Å²) < 4.78 is 17.2. The molecule has 1 heterocycles. The third-order valence-electron chi connectivity index (χ3n) is 6.52. The molecule has 1 N–H and O–H groups in total. The van der Waals surface area contributed by atoms with Crippen LogP contribution in [0.1, 0.15) is 40.3 Å². The predicted octanol–water partition coefficient (Wildman–Crippen LogP) is 5.47. The van der Waals surface area contributed by atoms with E-state index in [1.54, 1.807) is 49.5 Å². The second-order valence-corrected chi connectivity index (χ2v) is 9.13. The first-order valence-electron chi connectivity index (χ1n) is 11.5. The van der Waals surface area contributed by atoms with Gasteiger partial charge in [-0.2, -0.15) is 0 Å². The SMILES string of the molecule is COc1ccc(CN2C(=O)C(CC(=O)O)OC(c3cccc(C)c3C)c3cc(Cl)ccc32)c(OC)c1. The summed E-state index contributed by atoms with van der Waals surface area (Å²) in [5.41, 5.74) is 4.92. The molecule has 1 aliphatic rings. The predicted molar refractivity (Wildman–Crippen MR) is 137 cm³/mol. The van der Waals surface area contributed by atoms with E-state index in [4.69, 9.17) is 25.8 Å². The van der Waals surface area contributed by atoms with Crippen molar-refractivity contribution in [3.63, 3.8) is 0 Å². The number of amides is 1. The molecule has 36 heavy (non-hydrogen) atoms. The molecule has 0 spiro atoms. The van der Waals surface area contributed by atoms with Crippen molar-refractivity contribution in [3.05, 3.63) is 87.4 Å². The van der Waals surface area contributed by atoms with E-state index in [-0.39, 0.29) is 6.54 Å². The van der Waals surface area contributed by atoms with Crippen LogP contribution in [0, 0.1) is 13.8 Å². The maximum atomic E-state index is 13.8. The van der Waals surface area contributed by atoms with E-state index in [1.165, 1.54) is 0 Å². The molecule has 3 aromatic carbocycles. The van der Waals surface area contributed by atoms with Gasteiger partial charge in [0.05, 0.1) is 32.9 Å². The second-order valence-electron chi connectivity index (χ2n) is 8.70. The van der Waals surface area contributed by atoms with Crippen molar-refractivity contribution in [2.24, 2.45) is 0 Å². The van der Waals surface area contributed by atoms with Crippen molar-refractivity contribution < 1.29 is 28.9 Å². The van der Waals surface area contributed by atoms with Gasteiger partial charge in [0.2, 0.25) is 0 Å². The molecular weight excluding hydrogens is 482 g/mol. The van der Waals surface area contributed by atoms with E-state index in [0.29, 0.717) is 27.8 Å². The van der Waals surface area contributed by atoms with Crippen LogP contribution in [0.25, 0.3) is 0 Å². The zero-order chi connectivity index (χ0) is 26.0. The van der Waals surface area contributed by atoms with Crippen molar-refractivity contribution in [1.29, 1.82) is 0 Å². The van der Waals surface area contributed by atoms with Gasteiger partial charge in [0.15, 0.2) is 0 Å². The number of aliphatic carboxylic acids is 1. The van der Waals surface area contributed by atoms with E-state index in [0.717, 1.165) is 22.3 Å². The Kier molecular flexibility index (Phi) is 7.52. The first-order chi connectivity index (χ1) is 17.2. The molecule has 2 atom stereocenters. The van der Waals surface area contributed by atoms with Crippen LogP contribution in [0.3, 0.4) is 0 Å². The summed E-state index contributed by atoms with van der Waals surface area (Å²) in [6.45, 7) is 4.12. The number of benzene rings is 3. The zero-order valence-corrected chi connectivity index (χ0v) is 21.3. The number of carbonyl (C=O) groups excluding carboxylic acids is 1. The van der Waals surface area contributed by atoms with Gasteiger partial charge in [0.1, 0.15) is 23.7 Å². The van der Waals surface area contributed by atoms with E-state index < -0.39 is 30.5 Å². The van der Waals surface area contributed by atoms with Crippen LogP contribution < -0.4 is 14.4 Å². The number of carboxylic acids is 1. The number of hydrogen-bond donors (Lipinski definition) is 1. The fourth-order valence-corrected chi connectivity index (χ4v) is 4.66. The highest BCUT2D eigenvalue weighted by Gasteiger charge is 2.38. The molecule has 1 amide bonds. The van der Waals surface area contributed by atoms with E-state index in [2.05, 4.69) is 0 Å². The number of fused-ring (bicyclic) bond motifs is 1. The third kappa shape index (κ3) is 5.03. The Labute approximate surface area is 215 Å². The molecule has 0 bridgehead atoms. The summed E-state index contributed by atoms with van der Waals surface area (Å²) in [5.74, 6) is -0.415. The first kappa shape index (κ1) is 25.5. The van der Waals surface area contributed by atoms with Crippen molar-refractivity contribution in [2.45, 2.75) is 39.0 Å². The Morgan fingerprint density at radius 3 is 2.53 bits per heavy atom. The van der Waals surface area contributed by atoms with Crippen molar-refractivity contribution in [1.82, 2.24) is 0 Å². The molecule has 8 heteroatoms. The highest BCUT2D eigenvalue weighted by atomic mass is 35.5. The largest absolute Gasteiger partial charge is 0.497 e. The van der Waals surface area contributed by atoms with Gasteiger partial charge in [0.25, 0.3) is 5.91 Å². The van der Waals surface area contributed by atoms with Crippen molar-refractivity contribution in [2.75, 3.05) is 19.1 Å². The lowest BCUT2D eigenvalue weighted by Crippen LogP contribution is -2.40. The minimum atomic E-state index is -1.21. The van der Waals surface area contributed by atoms with Gasteiger partial charge in [-0.3, -0.25) is 9.59 Å². The van der Waals surface area contributed by atoms with Crippen LogP contribution in [-0.2, 0) is 20.9 Å². The molecular formula is C28H28ClNO6. The fraction of sp³-hybridized carbons (Fsp3) is 0.286. The minimum absolute atomic E-state index is 0.139. The molecule has 0 radical (unpaired) electrons. The molecule has 0 saturated heterocycles. The Hall–Kier alpha value is -3.55. The standard InChI is InChI=1S/C28H28ClNO6/c1-16-6-5-7-21(17(16)2)27-22-12-19(29)9-11-23(22)30(28(33)25(36-27)14-26(31)32)15-18-8-10-20(34-3)13-24(18)35-4/h5-13,25,27H,14-15H2,1-4H3,(H,31,32). The molecule has 188 valence electrons. The Balaban J connectivity index is 1.89. The van der Waals surface area contributed by atoms with Crippen LogP contribution in [0.15, 0.2) is 54.6 Å². The second kappa shape index (κ2) is 10.6. The molecule has 4 rings (SSSR count). The van der Waals surface area contributed by atoms with Crippen molar-refractivity contribution in [3.8, 4) is 11.5 Å². The maximum Gasteiger partial charge on any atom is 0.306 e. The molecule has 7 nitrogen and oxygen atoms in total. The monoisotopic (exact) mass is 509 g/mol. The topological polar surface area (TPSA) is 85.3 Å². The van der Waals surface area contributed by atoms with Crippen LogP contribution in [0.5, 0.6) is 11.5 Å². The number of halogens is 1. The van der Waals surface area contributed by atoms with Crippen LogP contribution in [0.4, 0.5) is 5.69 Å². The number of anilines is 1. The van der Waals surface area contributed by atoms with E-state index in [1.807, 2.05) is 38.1 Å².